The van der Waals surface area contributed by atoms with Crippen molar-refractivity contribution in [1.29, 1.82) is 0 Å². The Morgan fingerprint density at radius 3 is 2.84 bits per heavy atom. The van der Waals surface area contributed by atoms with Crippen LogP contribution in [0.4, 0.5) is 0 Å². The molecule has 1 aromatic carbocycles. The fourth-order valence-corrected chi connectivity index (χ4v) is 3.35. The van der Waals surface area contributed by atoms with Gasteiger partial charge in [-0.1, -0.05) is 17.9 Å². The lowest BCUT2D eigenvalue weighted by Gasteiger charge is -2.29. The third-order valence-electron chi connectivity index (χ3n) is 4.65. The molecule has 2 atom stereocenters. The molecule has 5 nitrogen and oxygen atoms in total. The largest absolute Gasteiger partial charge is 0.379 e. The van der Waals surface area contributed by atoms with E-state index in [0.29, 0.717) is 31.2 Å². The molecule has 0 aliphatic carbocycles. The van der Waals surface area contributed by atoms with Crippen LogP contribution in [0.2, 0.25) is 0 Å². The standard InChI is InChI=1S/C20H26N2O3/c1-20(2,24)8-7-15-5-4-6-17(9-15)19(23)22-11-16-10-21(3)18(12-22)14-25-13-16/h4-6,9,16,18,24H,10-14H2,1-3H3/t16-,18+/m1/s1. The van der Waals surface area contributed by atoms with Gasteiger partial charge in [-0.15, -0.1) is 0 Å². The summed E-state index contributed by atoms with van der Waals surface area (Å²) in [4.78, 5) is 17.3. The predicted octanol–water partition coefficient (Wildman–Crippen LogP) is 1.21. The molecule has 1 amide bonds. The molecular formula is C20H26N2O3. The van der Waals surface area contributed by atoms with Crippen LogP contribution in [0.5, 0.6) is 0 Å². The Morgan fingerprint density at radius 1 is 1.28 bits per heavy atom. The highest BCUT2D eigenvalue weighted by Crippen LogP contribution is 2.20. The Bertz CT molecular complexity index is 699. The van der Waals surface area contributed by atoms with Gasteiger partial charge in [0.2, 0.25) is 0 Å². The number of likely N-dealkylation sites (N-methyl/N-ethyl adjacent to an activating group) is 1. The summed E-state index contributed by atoms with van der Waals surface area (Å²) in [5.74, 6) is 6.12. The summed E-state index contributed by atoms with van der Waals surface area (Å²) in [6.45, 7) is 7.04. The number of benzene rings is 1. The molecule has 2 heterocycles. The average molecular weight is 342 g/mol. The van der Waals surface area contributed by atoms with E-state index in [9.17, 15) is 9.90 Å². The van der Waals surface area contributed by atoms with Crippen LogP contribution >= 0.6 is 0 Å². The molecule has 3 rings (SSSR count). The molecule has 25 heavy (non-hydrogen) atoms. The predicted molar refractivity (Wildman–Crippen MR) is 96.2 cm³/mol. The molecule has 2 aliphatic rings. The third kappa shape index (κ3) is 4.60. The second-order valence-electron chi connectivity index (χ2n) is 7.60. The van der Waals surface area contributed by atoms with Crippen molar-refractivity contribution >= 4 is 5.91 Å². The number of amides is 1. The second kappa shape index (κ2) is 7.17. The van der Waals surface area contributed by atoms with Crippen molar-refractivity contribution in [3.8, 4) is 11.8 Å². The minimum Gasteiger partial charge on any atom is -0.379 e. The van der Waals surface area contributed by atoms with Gasteiger partial charge in [-0.25, -0.2) is 0 Å². The Labute approximate surface area is 149 Å². The summed E-state index contributed by atoms with van der Waals surface area (Å²) < 4.78 is 5.73. The number of hydrogen-bond donors (Lipinski definition) is 1. The summed E-state index contributed by atoms with van der Waals surface area (Å²) in [5, 5.41) is 9.74. The van der Waals surface area contributed by atoms with Crippen molar-refractivity contribution in [3.05, 3.63) is 35.4 Å². The molecule has 5 heteroatoms. The maximum Gasteiger partial charge on any atom is 0.253 e. The van der Waals surface area contributed by atoms with Crippen LogP contribution < -0.4 is 0 Å². The molecule has 0 unspecified atom stereocenters. The Balaban J connectivity index is 1.80. The lowest BCUT2D eigenvalue weighted by Crippen LogP contribution is -2.44. The smallest absolute Gasteiger partial charge is 0.253 e. The molecule has 0 radical (unpaired) electrons. The summed E-state index contributed by atoms with van der Waals surface area (Å²) >= 11 is 0. The zero-order chi connectivity index (χ0) is 18.0. The highest BCUT2D eigenvalue weighted by Gasteiger charge is 2.33. The van der Waals surface area contributed by atoms with E-state index < -0.39 is 5.60 Å². The monoisotopic (exact) mass is 342 g/mol. The van der Waals surface area contributed by atoms with Gasteiger partial charge in [-0.05, 0) is 39.1 Å². The van der Waals surface area contributed by atoms with E-state index in [1.165, 1.54) is 0 Å². The van der Waals surface area contributed by atoms with Crippen LogP contribution in [0.25, 0.3) is 0 Å². The van der Waals surface area contributed by atoms with Crippen molar-refractivity contribution in [1.82, 2.24) is 9.80 Å². The number of carbonyl (C=O) groups excluding carboxylic acids is 1. The van der Waals surface area contributed by atoms with Crippen molar-refractivity contribution in [2.75, 3.05) is 39.9 Å². The number of rotatable bonds is 1. The average Bonchev–Trinajstić information content (AvgIpc) is 2.80. The normalized spacial score (nSPS) is 24.2. The van der Waals surface area contributed by atoms with Gasteiger partial charge >= 0.3 is 0 Å². The molecule has 2 aliphatic heterocycles. The van der Waals surface area contributed by atoms with Crippen LogP contribution in [0.15, 0.2) is 24.3 Å². The van der Waals surface area contributed by atoms with Crippen molar-refractivity contribution in [2.24, 2.45) is 5.92 Å². The Kier molecular flexibility index (Phi) is 5.14. The van der Waals surface area contributed by atoms with Crippen LogP contribution in [-0.4, -0.2) is 72.4 Å². The highest BCUT2D eigenvalue weighted by atomic mass is 16.5. The van der Waals surface area contributed by atoms with Crippen molar-refractivity contribution in [3.63, 3.8) is 0 Å². The molecule has 2 bridgehead atoms. The number of nitrogens with zero attached hydrogens (tertiary/aromatic N) is 2. The minimum absolute atomic E-state index is 0.0408. The van der Waals surface area contributed by atoms with Crippen LogP contribution in [0, 0.1) is 17.8 Å². The molecule has 0 aromatic heterocycles. The lowest BCUT2D eigenvalue weighted by atomic mass is 10.1. The zero-order valence-corrected chi connectivity index (χ0v) is 15.2. The summed E-state index contributed by atoms with van der Waals surface area (Å²) in [6.07, 6.45) is 0. The van der Waals surface area contributed by atoms with Gasteiger partial charge in [0.15, 0.2) is 0 Å². The Morgan fingerprint density at radius 2 is 2.08 bits per heavy atom. The van der Waals surface area contributed by atoms with Crippen molar-refractivity contribution < 1.29 is 14.6 Å². The molecule has 134 valence electrons. The Hall–Kier alpha value is -1.87. The van der Waals surface area contributed by atoms with E-state index in [1.54, 1.807) is 13.8 Å². The zero-order valence-electron chi connectivity index (χ0n) is 15.2. The van der Waals surface area contributed by atoms with Gasteiger partial charge < -0.3 is 14.7 Å². The SMILES string of the molecule is CN1C[C@H]2COC[C@@H]1CN(C(=O)c1cccc(C#CC(C)(C)O)c1)C2. The molecule has 2 fully saturated rings. The first-order valence-corrected chi connectivity index (χ1v) is 8.75. The molecule has 0 spiro atoms. The van der Waals surface area contributed by atoms with E-state index in [2.05, 4.69) is 23.8 Å². The first-order chi connectivity index (χ1) is 11.8. The summed E-state index contributed by atoms with van der Waals surface area (Å²) in [5.41, 5.74) is 0.335. The maximum absolute atomic E-state index is 13.0. The van der Waals surface area contributed by atoms with E-state index in [1.807, 2.05) is 29.2 Å². The number of hydrogen-bond acceptors (Lipinski definition) is 4. The van der Waals surface area contributed by atoms with Crippen LogP contribution in [0.1, 0.15) is 29.8 Å². The second-order valence-corrected chi connectivity index (χ2v) is 7.60. The van der Waals surface area contributed by atoms with E-state index in [-0.39, 0.29) is 11.9 Å². The molecule has 1 aromatic rings. The molecule has 1 N–H and O–H groups in total. The van der Waals surface area contributed by atoms with Gasteiger partial charge in [-0.3, -0.25) is 9.69 Å². The van der Waals surface area contributed by atoms with Gasteiger partial charge in [-0.2, -0.15) is 0 Å². The van der Waals surface area contributed by atoms with E-state index in [4.69, 9.17) is 4.74 Å². The topological polar surface area (TPSA) is 53.0 Å². The lowest BCUT2D eigenvalue weighted by molar-refractivity contribution is 0.0433. The van der Waals surface area contributed by atoms with Gasteiger partial charge in [0, 0.05) is 36.7 Å². The number of fused-ring (bicyclic) bond motifs is 3. The number of aliphatic hydroxyl groups is 1. The summed E-state index contributed by atoms with van der Waals surface area (Å²) in [6, 6.07) is 7.58. The molecule has 2 saturated heterocycles. The molecule has 0 saturated carbocycles. The van der Waals surface area contributed by atoms with Gasteiger partial charge in [0.25, 0.3) is 5.91 Å². The van der Waals surface area contributed by atoms with E-state index >= 15 is 0 Å². The fourth-order valence-electron chi connectivity index (χ4n) is 3.35. The summed E-state index contributed by atoms with van der Waals surface area (Å²) in [7, 11) is 2.10. The van der Waals surface area contributed by atoms with Crippen LogP contribution in [-0.2, 0) is 4.74 Å². The van der Waals surface area contributed by atoms with Crippen LogP contribution in [0.3, 0.4) is 0 Å². The maximum atomic E-state index is 13.0. The quantitative estimate of drug-likeness (QED) is 0.780. The fraction of sp³-hybridized carbons (Fsp3) is 0.550. The molecular weight excluding hydrogens is 316 g/mol. The number of ether oxygens (including phenoxy) is 1. The first kappa shape index (κ1) is 17.9. The first-order valence-electron chi connectivity index (χ1n) is 8.75. The van der Waals surface area contributed by atoms with Crippen molar-refractivity contribution in [2.45, 2.75) is 25.5 Å². The number of carbonyl (C=O) groups is 1. The van der Waals surface area contributed by atoms with E-state index in [0.717, 1.165) is 18.7 Å². The van der Waals surface area contributed by atoms with Gasteiger partial charge in [0.05, 0.1) is 19.3 Å². The highest BCUT2D eigenvalue weighted by molar-refractivity contribution is 5.94. The third-order valence-corrected chi connectivity index (χ3v) is 4.65. The van der Waals surface area contributed by atoms with Gasteiger partial charge in [0.1, 0.15) is 5.60 Å². The minimum atomic E-state index is -1.05.